The van der Waals surface area contributed by atoms with Crippen molar-refractivity contribution in [1.82, 2.24) is 0 Å². The maximum absolute atomic E-state index is 11.6. The number of hydrogen-bond acceptors (Lipinski definition) is 4. The first-order chi connectivity index (χ1) is 9.47. The lowest BCUT2D eigenvalue weighted by molar-refractivity contribution is -0.142. The summed E-state index contributed by atoms with van der Waals surface area (Å²) in [6.07, 6.45) is 3.86. The van der Waals surface area contributed by atoms with Gasteiger partial charge >= 0.3 is 5.97 Å². The number of carbonyl (C=O) groups is 1. The van der Waals surface area contributed by atoms with Gasteiger partial charge in [0.1, 0.15) is 18.1 Å². The highest BCUT2D eigenvalue weighted by Gasteiger charge is 2.25. The van der Waals surface area contributed by atoms with Crippen molar-refractivity contribution in [3.05, 3.63) is 0 Å². The van der Waals surface area contributed by atoms with Crippen molar-refractivity contribution in [3.63, 3.8) is 0 Å². The molecule has 0 aromatic rings. The Morgan fingerprint density at radius 3 is 2.30 bits per heavy atom. The molecule has 0 unspecified atom stereocenters. The van der Waals surface area contributed by atoms with Gasteiger partial charge in [-0.3, -0.25) is 0 Å². The van der Waals surface area contributed by atoms with Crippen molar-refractivity contribution >= 4 is 16.9 Å². The molecule has 0 bridgehead atoms. The molecular weight excluding hydrogens is 276 g/mol. The standard InChI is InChI=1S/C15H29O4S/c1-15(2,3)19-10-8-17-7-9-18-14(16)13-20-11-5-4-6-12-20/h4-13H2,1-3H3/q+1. The Balaban J connectivity index is 1.91. The summed E-state index contributed by atoms with van der Waals surface area (Å²) in [5.41, 5.74) is -0.128. The van der Waals surface area contributed by atoms with Gasteiger partial charge < -0.3 is 14.2 Å². The molecule has 1 saturated heterocycles. The lowest BCUT2D eigenvalue weighted by Crippen LogP contribution is -2.27. The predicted octanol–water partition coefficient (Wildman–Crippen LogP) is 2.16. The lowest BCUT2D eigenvalue weighted by Gasteiger charge is -2.19. The third-order valence-electron chi connectivity index (χ3n) is 2.94. The Morgan fingerprint density at radius 2 is 1.65 bits per heavy atom. The Labute approximate surface area is 125 Å². The zero-order valence-electron chi connectivity index (χ0n) is 13.1. The average molecular weight is 305 g/mol. The van der Waals surface area contributed by atoms with Crippen molar-refractivity contribution in [2.24, 2.45) is 0 Å². The summed E-state index contributed by atoms with van der Waals surface area (Å²) in [4.78, 5) is 11.6. The first kappa shape index (κ1) is 17.8. The van der Waals surface area contributed by atoms with Crippen LogP contribution in [0.2, 0.25) is 0 Å². The van der Waals surface area contributed by atoms with Crippen molar-refractivity contribution < 1.29 is 19.0 Å². The molecule has 0 saturated carbocycles. The zero-order valence-corrected chi connectivity index (χ0v) is 13.9. The van der Waals surface area contributed by atoms with Crippen molar-refractivity contribution in [3.8, 4) is 0 Å². The van der Waals surface area contributed by atoms with E-state index in [4.69, 9.17) is 14.2 Å². The Morgan fingerprint density at radius 1 is 1.00 bits per heavy atom. The molecule has 4 nitrogen and oxygen atoms in total. The molecule has 0 aromatic heterocycles. The normalized spacial score (nSPS) is 17.1. The van der Waals surface area contributed by atoms with Crippen molar-refractivity contribution in [2.45, 2.75) is 45.6 Å². The molecule has 1 heterocycles. The van der Waals surface area contributed by atoms with Crippen LogP contribution in [0, 0.1) is 0 Å². The van der Waals surface area contributed by atoms with E-state index < -0.39 is 0 Å². The van der Waals surface area contributed by atoms with Crippen molar-refractivity contribution in [1.29, 1.82) is 0 Å². The Hall–Kier alpha value is -0.260. The first-order valence-electron chi connectivity index (χ1n) is 7.49. The smallest absolute Gasteiger partial charge is 0.356 e. The summed E-state index contributed by atoms with van der Waals surface area (Å²) in [7, 11) is 0.270. The van der Waals surface area contributed by atoms with E-state index in [0.29, 0.717) is 32.2 Å². The van der Waals surface area contributed by atoms with Crippen LogP contribution < -0.4 is 0 Å². The third kappa shape index (κ3) is 9.61. The predicted molar refractivity (Wildman–Crippen MR) is 83.3 cm³/mol. The topological polar surface area (TPSA) is 44.8 Å². The Kier molecular flexibility index (Phi) is 8.57. The summed E-state index contributed by atoms with van der Waals surface area (Å²) < 4.78 is 16.1. The molecular formula is C15H29O4S+. The van der Waals surface area contributed by atoms with Crippen LogP contribution in [0.1, 0.15) is 40.0 Å². The van der Waals surface area contributed by atoms with Gasteiger partial charge in [0, 0.05) is 0 Å². The molecule has 5 heteroatoms. The van der Waals surface area contributed by atoms with Gasteiger partial charge in [-0.1, -0.05) is 0 Å². The maximum Gasteiger partial charge on any atom is 0.356 e. The monoisotopic (exact) mass is 305 g/mol. The van der Waals surface area contributed by atoms with Crippen molar-refractivity contribution in [2.75, 3.05) is 43.7 Å². The van der Waals surface area contributed by atoms with Crippen LogP contribution in [0.15, 0.2) is 0 Å². The third-order valence-corrected chi connectivity index (χ3v) is 5.32. The van der Waals surface area contributed by atoms with E-state index in [9.17, 15) is 4.79 Å². The molecule has 0 amide bonds. The van der Waals surface area contributed by atoms with E-state index in [1.165, 1.54) is 30.8 Å². The van der Waals surface area contributed by atoms with Gasteiger partial charge in [-0.25, -0.2) is 4.79 Å². The fourth-order valence-corrected chi connectivity index (χ4v) is 4.10. The highest BCUT2D eigenvalue weighted by molar-refractivity contribution is 7.97. The highest BCUT2D eigenvalue weighted by Crippen LogP contribution is 2.13. The van der Waals surface area contributed by atoms with Gasteiger partial charge in [-0.05, 0) is 50.9 Å². The second-order valence-electron chi connectivity index (χ2n) is 6.02. The van der Waals surface area contributed by atoms with Gasteiger partial charge in [0.25, 0.3) is 0 Å². The molecule has 0 radical (unpaired) electrons. The number of carbonyl (C=O) groups excluding carboxylic acids is 1. The second-order valence-corrected chi connectivity index (χ2v) is 8.35. The number of esters is 1. The minimum absolute atomic E-state index is 0.0650. The molecule has 118 valence electrons. The van der Waals surface area contributed by atoms with E-state index in [1.807, 2.05) is 20.8 Å². The summed E-state index contributed by atoms with van der Waals surface area (Å²) in [6.45, 7) is 7.96. The summed E-state index contributed by atoms with van der Waals surface area (Å²) in [5, 5.41) is 0. The largest absolute Gasteiger partial charge is 0.460 e. The number of ether oxygens (including phenoxy) is 3. The molecule has 0 aromatic carbocycles. The van der Waals surface area contributed by atoms with E-state index in [0.717, 1.165) is 0 Å². The second kappa shape index (κ2) is 9.64. The van der Waals surface area contributed by atoms with Crippen LogP contribution in [0.3, 0.4) is 0 Å². The van der Waals surface area contributed by atoms with Gasteiger partial charge in [0.2, 0.25) is 5.75 Å². The van der Waals surface area contributed by atoms with E-state index in [1.54, 1.807) is 0 Å². The first-order valence-corrected chi connectivity index (χ1v) is 9.22. The van der Waals surface area contributed by atoms with Crippen LogP contribution in [-0.2, 0) is 29.9 Å². The van der Waals surface area contributed by atoms with Gasteiger partial charge in [0.05, 0.1) is 25.4 Å². The molecule has 1 aliphatic rings. The van der Waals surface area contributed by atoms with E-state index >= 15 is 0 Å². The molecule has 1 rings (SSSR count). The minimum Gasteiger partial charge on any atom is -0.460 e. The van der Waals surface area contributed by atoms with Crippen LogP contribution in [-0.4, -0.2) is 55.3 Å². The molecule has 0 aliphatic carbocycles. The summed E-state index contributed by atoms with van der Waals surface area (Å²) >= 11 is 0. The highest BCUT2D eigenvalue weighted by atomic mass is 32.2. The quantitative estimate of drug-likeness (QED) is 0.392. The lowest BCUT2D eigenvalue weighted by atomic mass is 10.2. The number of hydrogen-bond donors (Lipinski definition) is 0. The van der Waals surface area contributed by atoms with Gasteiger partial charge in [-0.15, -0.1) is 0 Å². The molecule has 1 aliphatic heterocycles. The van der Waals surface area contributed by atoms with Crippen LogP contribution in [0.4, 0.5) is 0 Å². The maximum atomic E-state index is 11.6. The average Bonchev–Trinajstić information content (AvgIpc) is 2.37. The van der Waals surface area contributed by atoms with E-state index in [-0.39, 0.29) is 22.5 Å². The fraction of sp³-hybridized carbons (Fsp3) is 0.933. The van der Waals surface area contributed by atoms with Crippen LogP contribution in [0.25, 0.3) is 0 Å². The van der Waals surface area contributed by atoms with Gasteiger partial charge in [0.15, 0.2) is 0 Å². The Bertz CT molecular complexity index is 270. The molecule has 1 fully saturated rings. The van der Waals surface area contributed by atoms with Crippen LogP contribution >= 0.6 is 0 Å². The molecule has 0 atom stereocenters. The zero-order chi connectivity index (χ0) is 14.8. The van der Waals surface area contributed by atoms with Gasteiger partial charge in [-0.2, -0.15) is 0 Å². The number of rotatable bonds is 8. The van der Waals surface area contributed by atoms with Crippen LogP contribution in [0.5, 0.6) is 0 Å². The SMILES string of the molecule is CC(C)(C)OCCOCCOC(=O)C[S+]1CCCCC1. The molecule has 0 N–H and O–H groups in total. The molecule has 0 spiro atoms. The molecule has 20 heavy (non-hydrogen) atoms. The summed E-state index contributed by atoms with van der Waals surface area (Å²) in [5.74, 6) is 2.95. The minimum atomic E-state index is -0.128. The fourth-order valence-electron chi connectivity index (χ4n) is 1.97. The van der Waals surface area contributed by atoms with E-state index in [2.05, 4.69) is 0 Å². The summed E-state index contributed by atoms with van der Waals surface area (Å²) in [6, 6.07) is 0.